The van der Waals surface area contributed by atoms with Crippen molar-refractivity contribution in [2.45, 2.75) is 32.1 Å². The highest BCUT2D eigenvalue weighted by atomic mass is 32.1. The van der Waals surface area contributed by atoms with Crippen LogP contribution in [0.2, 0.25) is 0 Å². The molecule has 1 amide bonds. The Morgan fingerprint density at radius 2 is 1.79 bits per heavy atom. The number of hydrogen-bond donors (Lipinski definition) is 1. The number of para-hydroxylation sites is 1. The second-order valence-corrected chi connectivity index (χ2v) is 7.86. The van der Waals surface area contributed by atoms with Crippen LogP contribution in [0.5, 0.6) is 0 Å². The zero-order valence-electron chi connectivity index (χ0n) is 16.0. The van der Waals surface area contributed by atoms with Gasteiger partial charge in [-0.25, -0.2) is 4.98 Å². The molecule has 2 heterocycles. The Kier molecular flexibility index (Phi) is 6.26. The van der Waals surface area contributed by atoms with Crippen molar-refractivity contribution >= 4 is 27.5 Å². The average molecular weight is 407 g/mol. The molecule has 4 rings (SSSR count). The second-order valence-electron chi connectivity index (χ2n) is 6.75. The number of nitrogens with zero attached hydrogens (tertiary/aromatic N) is 3. The number of carbonyl (C=O) groups excluding carboxylic acids is 1. The molecule has 29 heavy (non-hydrogen) atoms. The highest BCUT2D eigenvalue weighted by molar-refractivity contribution is 7.18. The van der Waals surface area contributed by atoms with Crippen LogP contribution < -0.4 is 5.32 Å². The number of aryl methyl sites for hydroxylation is 2. The fraction of sp³-hybridized carbons (Fsp3) is 0.273. The molecule has 6 nitrogen and oxygen atoms in total. The summed E-state index contributed by atoms with van der Waals surface area (Å²) in [5.74, 6) is 1.13. The third kappa shape index (κ3) is 5.26. The molecule has 0 bridgehead atoms. The van der Waals surface area contributed by atoms with Gasteiger partial charge in [-0.2, -0.15) is 0 Å². The Labute approximate surface area is 173 Å². The highest BCUT2D eigenvalue weighted by Gasteiger charge is 2.09. The van der Waals surface area contributed by atoms with Crippen molar-refractivity contribution in [1.82, 2.24) is 20.5 Å². The highest BCUT2D eigenvalue weighted by Crippen LogP contribution is 2.22. The molecule has 0 aliphatic heterocycles. The van der Waals surface area contributed by atoms with Crippen LogP contribution in [-0.2, 0) is 17.6 Å². The summed E-state index contributed by atoms with van der Waals surface area (Å²) >= 11 is 1.72. The number of nitrogens with one attached hydrogen (secondary N) is 1. The molecular formula is C22H22N4O2S. The topological polar surface area (TPSA) is 80.9 Å². The molecule has 0 saturated carbocycles. The molecule has 0 unspecified atom stereocenters. The number of rotatable bonds is 9. The van der Waals surface area contributed by atoms with Gasteiger partial charge in [0, 0.05) is 31.4 Å². The molecule has 0 spiro atoms. The van der Waals surface area contributed by atoms with E-state index in [0.717, 1.165) is 28.9 Å². The van der Waals surface area contributed by atoms with Crippen molar-refractivity contribution < 1.29 is 9.21 Å². The van der Waals surface area contributed by atoms with Crippen molar-refractivity contribution in [2.75, 3.05) is 6.54 Å². The molecule has 148 valence electrons. The van der Waals surface area contributed by atoms with Crippen molar-refractivity contribution in [3.8, 4) is 11.5 Å². The first-order chi connectivity index (χ1) is 14.3. The third-order valence-electron chi connectivity index (χ3n) is 4.51. The van der Waals surface area contributed by atoms with E-state index < -0.39 is 0 Å². The molecule has 0 fully saturated rings. The number of fused-ring (bicyclic) bond motifs is 1. The minimum absolute atomic E-state index is 0.0529. The van der Waals surface area contributed by atoms with Crippen LogP contribution in [0.3, 0.4) is 0 Å². The lowest BCUT2D eigenvalue weighted by Crippen LogP contribution is -2.24. The summed E-state index contributed by atoms with van der Waals surface area (Å²) in [5, 5.41) is 12.2. The number of carbonyl (C=O) groups is 1. The molecule has 1 N–H and O–H groups in total. The molecule has 0 saturated heterocycles. The largest absolute Gasteiger partial charge is 0.421 e. The summed E-state index contributed by atoms with van der Waals surface area (Å²) in [6.07, 6.45) is 3.49. The Balaban J connectivity index is 1.14. The lowest BCUT2D eigenvalue weighted by molar-refractivity contribution is -0.121. The van der Waals surface area contributed by atoms with Gasteiger partial charge in [0.1, 0.15) is 0 Å². The van der Waals surface area contributed by atoms with E-state index in [1.54, 1.807) is 11.3 Å². The van der Waals surface area contributed by atoms with Crippen LogP contribution in [0.15, 0.2) is 59.0 Å². The van der Waals surface area contributed by atoms with E-state index in [0.29, 0.717) is 37.6 Å². The van der Waals surface area contributed by atoms with Gasteiger partial charge >= 0.3 is 0 Å². The van der Waals surface area contributed by atoms with Gasteiger partial charge in [-0.1, -0.05) is 30.3 Å². The Bertz CT molecular complexity index is 1040. The molecule has 2 aromatic heterocycles. The fourth-order valence-corrected chi connectivity index (χ4v) is 4.04. The average Bonchev–Trinajstić information content (AvgIpc) is 3.38. The molecule has 0 radical (unpaired) electrons. The number of benzene rings is 2. The van der Waals surface area contributed by atoms with Crippen LogP contribution in [0, 0.1) is 0 Å². The monoisotopic (exact) mass is 406 g/mol. The van der Waals surface area contributed by atoms with E-state index in [4.69, 9.17) is 4.42 Å². The summed E-state index contributed by atoms with van der Waals surface area (Å²) in [6.45, 7) is 0.660. The maximum atomic E-state index is 12.0. The first-order valence-electron chi connectivity index (χ1n) is 9.77. The van der Waals surface area contributed by atoms with Crippen molar-refractivity contribution in [1.29, 1.82) is 0 Å². The predicted molar refractivity (Wildman–Crippen MR) is 114 cm³/mol. The Morgan fingerprint density at radius 3 is 2.66 bits per heavy atom. The molecular weight excluding hydrogens is 384 g/mol. The lowest BCUT2D eigenvalue weighted by Gasteiger charge is -2.03. The smallest absolute Gasteiger partial charge is 0.247 e. The minimum Gasteiger partial charge on any atom is -0.421 e. The van der Waals surface area contributed by atoms with Gasteiger partial charge in [0.2, 0.25) is 17.7 Å². The first-order valence-corrected chi connectivity index (χ1v) is 10.6. The molecule has 0 aliphatic rings. The summed E-state index contributed by atoms with van der Waals surface area (Å²) < 4.78 is 6.88. The number of aromatic nitrogens is 3. The molecule has 4 aromatic rings. The van der Waals surface area contributed by atoms with Gasteiger partial charge in [-0.3, -0.25) is 4.79 Å². The SMILES string of the molecule is O=C(CCCc1nnc(-c2ccccc2)o1)NCCCc1nc2ccccc2s1. The van der Waals surface area contributed by atoms with Crippen molar-refractivity contribution in [3.63, 3.8) is 0 Å². The van der Waals surface area contributed by atoms with Gasteiger partial charge < -0.3 is 9.73 Å². The van der Waals surface area contributed by atoms with Gasteiger partial charge in [-0.15, -0.1) is 21.5 Å². The van der Waals surface area contributed by atoms with E-state index in [9.17, 15) is 4.79 Å². The summed E-state index contributed by atoms with van der Waals surface area (Å²) in [6, 6.07) is 17.8. The summed E-state index contributed by atoms with van der Waals surface area (Å²) in [4.78, 5) is 16.6. The fourth-order valence-electron chi connectivity index (χ4n) is 3.03. The predicted octanol–water partition coefficient (Wildman–Crippen LogP) is 4.42. The van der Waals surface area contributed by atoms with Crippen LogP contribution in [0.25, 0.3) is 21.7 Å². The Hall–Kier alpha value is -3.06. The molecule has 2 aromatic carbocycles. The summed E-state index contributed by atoms with van der Waals surface area (Å²) in [5.41, 5.74) is 1.95. The van der Waals surface area contributed by atoms with Crippen molar-refractivity contribution in [2.24, 2.45) is 0 Å². The minimum atomic E-state index is 0.0529. The number of thiazole rings is 1. The van der Waals surface area contributed by atoms with E-state index in [1.807, 2.05) is 48.5 Å². The van der Waals surface area contributed by atoms with Gasteiger partial charge in [0.15, 0.2) is 0 Å². The molecule has 0 aliphatic carbocycles. The number of amides is 1. The number of hydrogen-bond acceptors (Lipinski definition) is 6. The van der Waals surface area contributed by atoms with Crippen molar-refractivity contribution in [3.05, 3.63) is 65.5 Å². The van der Waals surface area contributed by atoms with Gasteiger partial charge in [0.05, 0.1) is 15.2 Å². The summed E-state index contributed by atoms with van der Waals surface area (Å²) in [7, 11) is 0. The first kappa shape index (κ1) is 19.3. The van der Waals surface area contributed by atoms with E-state index in [-0.39, 0.29) is 5.91 Å². The van der Waals surface area contributed by atoms with Crippen LogP contribution in [-0.4, -0.2) is 27.6 Å². The molecule has 0 atom stereocenters. The van der Waals surface area contributed by atoms with E-state index in [2.05, 4.69) is 26.6 Å². The van der Waals surface area contributed by atoms with Gasteiger partial charge in [0.25, 0.3) is 0 Å². The van der Waals surface area contributed by atoms with E-state index in [1.165, 1.54) is 4.70 Å². The Morgan fingerprint density at radius 1 is 0.966 bits per heavy atom. The second kappa shape index (κ2) is 9.43. The van der Waals surface area contributed by atoms with Crippen LogP contribution in [0.4, 0.5) is 0 Å². The normalized spacial score (nSPS) is 11.0. The van der Waals surface area contributed by atoms with Gasteiger partial charge in [-0.05, 0) is 37.1 Å². The standard InChI is InChI=1S/C22H22N4O2S/c27-19(23-15-7-14-21-24-17-10-4-5-11-18(17)29-21)12-6-13-20-25-26-22(28-20)16-8-2-1-3-9-16/h1-5,8-11H,6-7,12-15H2,(H,23,27). The van der Waals surface area contributed by atoms with E-state index >= 15 is 0 Å². The maximum Gasteiger partial charge on any atom is 0.247 e. The molecule has 7 heteroatoms. The lowest BCUT2D eigenvalue weighted by atomic mass is 10.2. The maximum absolute atomic E-state index is 12.0. The van der Waals surface area contributed by atoms with Crippen LogP contribution >= 0.6 is 11.3 Å². The zero-order valence-corrected chi connectivity index (χ0v) is 16.8. The quantitative estimate of drug-likeness (QED) is 0.416. The van der Waals surface area contributed by atoms with Crippen LogP contribution in [0.1, 0.15) is 30.2 Å². The third-order valence-corrected chi connectivity index (χ3v) is 5.61. The zero-order chi connectivity index (χ0) is 19.9.